The van der Waals surface area contributed by atoms with Crippen LogP contribution in [0.4, 0.5) is 5.69 Å². The van der Waals surface area contributed by atoms with Crippen LogP contribution in [0.25, 0.3) is 0 Å². The van der Waals surface area contributed by atoms with Crippen molar-refractivity contribution >= 4 is 5.69 Å². The summed E-state index contributed by atoms with van der Waals surface area (Å²) in [6.45, 7) is 1.31. The number of hydrogen-bond donors (Lipinski definition) is 1. The monoisotopic (exact) mass is 176 g/mol. The Hall–Kier alpha value is -1.60. The quantitative estimate of drug-likeness (QED) is 0.721. The molecule has 0 amide bonds. The van der Waals surface area contributed by atoms with Gasteiger partial charge in [0.15, 0.2) is 0 Å². The zero-order chi connectivity index (χ0) is 9.68. The zero-order valence-electron chi connectivity index (χ0n) is 7.57. The van der Waals surface area contributed by atoms with Gasteiger partial charge in [0.1, 0.15) is 6.07 Å². The van der Waals surface area contributed by atoms with E-state index in [1.54, 1.807) is 12.4 Å². The first-order valence-electron chi connectivity index (χ1n) is 4.05. The fourth-order valence-electron chi connectivity index (χ4n) is 1.12. The standard InChI is InChI=1S/C9H12N4/c1-13(5-3-10)9-2-4-12-7-8(9)6-11/h2,4,7H,3,5,10H2,1H3. The highest BCUT2D eigenvalue weighted by atomic mass is 15.1. The highest BCUT2D eigenvalue weighted by Gasteiger charge is 2.04. The van der Waals surface area contributed by atoms with Crippen molar-refractivity contribution in [3.8, 4) is 6.07 Å². The molecule has 0 radical (unpaired) electrons. The molecule has 0 fully saturated rings. The third kappa shape index (κ3) is 2.17. The van der Waals surface area contributed by atoms with Crippen molar-refractivity contribution in [3.05, 3.63) is 24.0 Å². The van der Waals surface area contributed by atoms with E-state index in [0.717, 1.165) is 12.2 Å². The fraction of sp³-hybridized carbons (Fsp3) is 0.333. The minimum atomic E-state index is 0.573. The maximum atomic E-state index is 8.79. The van der Waals surface area contributed by atoms with Crippen LogP contribution >= 0.6 is 0 Å². The summed E-state index contributed by atoms with van der Waals surface area (Å²) in [5.41, 5.74) is 6.88. The van der Waals surface area contributed by atoms with Crippen molar-refractivity contribution in [1.82, 2.24) is 4.98 Å². The number of likely N-dealkylation sites (N-methyl/N-ethyl adjacent to an activating group) is 1. The van der Waals surface area contributed by atoms with E-state index in [1.807, 2.05) is 18.0 Å². The average Bonchev–Trinajstić information content (AvgIpc) is 2.18. The molecule has 68 valence electrons. The Morgan fingerprint density at radius 2 is 2.46 bits per heavy atom. The number of aromatic nitrogens is 1. The van der Waals surface area contributed by atoms with Gasteiger partial charge in [-0.2, -0.15) is 5.26 Å². The second kappa shape index (κ2) is 4.43. The van der Waals surface area contributed by atoms with Crippen LogP contribution in [0.3, 0.4) is 0 Å². The molecule has 4 nitrogen and oxygen atoms in total. The number of rotatable bonds is 3. The summed E-state index contributed by atoms with van der Waals surface area (Å²) in [5.74, 6) is 0. The molecule has 0 aromatic carbocycles. The molecule has 0 aliphatic heterocycles. The first-order chi connectivity index (χ1) is 6.29. The van der Waals surface area contributed by atoms with Crippen LogP contribution in [-0.4, -0.2) is 25.1 Å². The maximum absolute atomic E-state index is 8.79. The van der Waals surface area contributed by atoms with E-state index in [-0.39, 0.29) is 0 Å². The van der Waals surface area contributed by atoms with Crippen LogP contribution in [0.15, 0.2) is 18.5 Å². The van der Waals surface area contributed by atoms with Gasteiger partial charge < -0.3 is 10.6 Å². The highest BCUT2D eigenvalue weighted by molar-refractivity contribution is 5.57. The Kier molecular flexibility index (Phi) is 3.23. The third-order valence-electron chi connectivity index (χ3n) is 1.79. The zero-order valence-corrected chi connectivity index (χ0v) is 7.57. The first-order valence-corrected chi connectivity index (χ1v) is 4.05. The van der Waals surface area contributed by atoms with Crippen LogP contribution in [0.2, 0.25) is 0 Å². The smallest absolute Gasteiger partial charge is 0.103 e. The van der Waals surface area contributed by atoms with Gasteiger partial charge in [-0.3, -0.25) is 4.98 Å². The molecule has 1 heterocycles. The molecule has 4 heteroatoms. The fourth-order valence-corrected chi connectivity index (χ4v) is 1.12. The predicted molar refractivity (Wildman–Crippen MR) is 51.3 cm³/mol. The molecular weight excluding hydrogens is 164 g/mol. The summed E-state index contributed by atoms with van der Waals surface area (Å²) in [5, 5.41) is 8.79. The Balaban J connectivity index is 2.93. The van der Waals surface area contributed by atoms with Gasteiger partial charge in [-0.1, -0.05) is 0 Å². The summed E-state index contributed by atoms with van der Waals surface area (Å²) in [7, 11) is 1.91. The van der Waals surface area contributed by atoms with Crippen molar-refractivity contribution in [2.24, 2.45) is 5.73 Å². The second-order valence-electron chi connectivity index (χ2n) is 2.71. The van der Waals surface area contributed by atoms with Crippen molar-refractivity contribution in [2.45, 2.75) is 0 Å². The van der Waals surface area contributed by atoms with Gasteiger partial charge in [-0.05, 0) is 6.07 Å². The average molecular weight is 176 g/mol. The second-order valence-corrected chi connectivity index (χ2v) is 2.71. The van der Waals surface area contributed by atoms with E-state index in [0.29, 0.717) is 12.1 Å². The van der Waals surface area contributed by atoms with Gasteiger partial charge in [-0.15, -0.1) is 0 Å². The van der Waals surface area contributed by atoms with E-state index in [1.165, 1.54) is 0 Å². The summed E-state index contributed by atoms with van der Waals surface area (Å²) in [4.78, 5) is 5.82. The number of nitriles is 1. The molecule has 0 aliphatic carbocycles. The van der Waals surface area contributed by atoms with Crippen LogP contribution in [0, 0.1) is 11.3 Å². The van der Waals surface area contributed by atoms with Gasteiger partial charge in [0, 0.05) is 32.5 Å². The Morgan fingerprint density at radius 1 is 1.69 bits per heavy atom. The summed E-state index contributed by atoms with van der Waals surface area (Å²) >= 11 is 0. The molecule has 0 atom stereocenters. The van der Waals surface area contributed by atoms with Crippen molar-refractivity contribution < 1.29 is 0 Å². The lowest BCUT2D eigenvalue weighted by molar-refractivity contribution is 0.882. The molecule has 1 aromatic rings. The first kappa shape index (κ1) is 9.49. The normalized spacial score (nSPS) is 9.31. The number of nitrogens with two attached hydrogens (primary N) is 1. The number of pyridine rings is 1. The van der Waals surface area contributed by atoms with E-state index in [4.69, 9.17) is 11.0 Å². The molecular formula is C9H12N4. The summed E-state index contributed by atoms with van der Waals surface area (Å²) in [6.07, 6.45) is 3.23. The lowest BCUT2D eigenvalue weighted by atomic mass is 10.2. The number of hydrogen-bond acceptors (Lipinski definition) is 4. The third-order valence-corrected chi connectivity index (χ3v) is 1.79. The molecule has 0 unspecified atom stereocenters. The van der Waals surface area contributed by atoms with Crippen LogP contribution in [0.1, 0.15) is 5.56 Å². The Morgan fingerprint density at radius 3 is 3.08 bits per heavy atom. The molecule has 0 spiro atoms. The Bertz CT molecular complexity index is 316. The van der Waals surface area contributed by atoms with Crippen LogP contribution < -0.4 is 10.6 Å². The van der Waals surface area contributed by atoms with E-state index < -0.39 is 0 Å². The highest BCUT2D eigenvalue weighted by Crippen LogP contribution is 2.15. The van der Waals surface area contributed by atoms with Gasteiger partial charge in [-0.25, -0.2) is 0 Å². The van der Waals surface area contributed by atoms with Crippen molar-refractivity contribution in [3.63, 3.8) is 0 Å². The summed E-state index contributed by atoms with van der Waals surface area (Å²) < 4.78 is 0. The van der Waals surface area contributed by atoms with Crippen LogP contribution in [-0.2, 0) is 0 Å². The number of anilines is 1. The van der Waals surface area contributed by atoms with E-state index in [9.17, 15) is 0 Å². The molecule has 0 saturated carbocycles. The molecule has 13 heavy (non-hydrogen) atoms. The van der Waals surface area contributed by atoms with Gasteiger partial charge in [0.2, 0.25) is 0 Å². The predicted octanol–water partition coefficient (Wildman–Crippen LogP) is 0.348. The van der Waals surface area contributed by atoms with E-state index in [2.05, 4.69) is 11.1 Å². The lowest BCUT2D eigenvalue weighted by Gasteiger charge is -2.18. The summed E-state index contributed by atoms with van der Waals surface area (Å²) in [6, 6.07) is 3.90. The molecule has 0 aliphatic rings. The largest absolute Gasteiger partial charge is 0.372 e. The maximum Gasteiger partial charge on any atom is 0.103 e. The van der Waals surface area contributed by atoms with Gasteiger partial charge in [0.25, 0.3) is 0 Å². The molecule has 0 bridgehead atoms. The molecule has 1 rings (SSSR count). The minimum absolute atomic E-state index is 0.573. The topological polar surface area (TPSA) is 65.9 Å². The number of nitrogens with zero attached hydrogens (tertiary/aromatic N) is 3. The van der Waals surface area contributed by atoms with E-state index >= 15 is 0 Å². The van der Waals surface area contributed by atoms with Gasteiger partial charge in [0.05, 0.1) is 11.3 Å². The van der Waals surface area contributed by atoms with Crippen molar-refractivity contribution in [2.75, 3.05) is 25.0 Å². The molecule has 2 N–H and O–H groups in total. The molecule has 0 saturated heterocycles. The lowest BCUT2D eigenvalue weighted by Crippen LogP contribution is -2.25. The van der Waals surface area contributed by atoms with Crippen molar-refractivity contribution in [1.29, 1.82) is 5.26 Å². The minimum Gasteiger partial charge on any atom is -0.372 e. The van der Waals surface area contributed by atoms with Crippen LogP contribution in [0.5, 0.6) is 0 Å². The Labute approximate surface area is 77.6 Å². The molecule has 1 aromatic heterocycles. The SMILES string of the molecule is CN(CCN)c1ccncc1C#N. The van der Waals surface area contributed by atoms with Gasteiger partial charge >= 0.3 is 0 Å².